The van der Waals surface area contributed by atoms with Crippen LogP contribution in [-0.2, 0) is 26.1 Å². The molecule has 2 heterocycles. The molecule has 2 N–H and O–H groups in total. The topological polar surface area (TPSA) is 64.2 Å². The number of halogens is 2. The molecule has 0 bridgehead atoms. The van der Waals surface area contributed by atoms with E-state index >= 15 is 0 Å². The molecule has 0 saturated heterocycles. The maximum absolute atomic E-state index is 11.3. The molecule has 3 rings (SSSR count). The minimum absolute atomic E-state index is 0.513. The van der Waals surface area contributed by atoms with Gasteiger partial charge in [-0.25, -0.2) is 0 Å². The molecular weight excluding hydrogens is 335 g/mol. The first-order valence-corrected chi connectivity index (χ1v) is 8.28. The second kappa shape index (κ2) is 7.01. The highest BCUT2D eigenvalue weighted by molar-refractivity contribution is 6.42. The SMILES string of the molecule is NCCn1nc(C=O)c2c1CCN(Cc1ccc(Cl)c(Cl)c1)C2. The summed E-state index contributed by atoms with van der Waals surface area (Å²) < 4.78 is 1.87. The third-order valence-corrected chi connectivity index (χ3v) is 4.83. The van der Waals surface area contributed by atoms with Gasteiger partial charge in [-0.15, -0.1) is 0 Å². The minimum atomic E-state index is 0.513. The van der Waals surface area contributed by atoms with Gasteiger partial charge in [-0.3, -0.25) is 14.4 Å². The molecule has 0 aliphatic carbocycles. The quantitative estimate of drug-likeness (QED) is 0.839. The van der Waals surface area contributed by atoms with Crippen molar-refractivity contribution in [1.29, 1.82) is 0 Å². The van der Waals surface area contributed by atoms with E-state index < -0.39 is 0 Å². The third-order valence-electron chi connectivity index (χ3n) is 4.09. The molecule has 0 atom stereocenters. The lowest BCUT2D eigenvalue weighted by Crippen LogP contribution is -2.31. The summed E-state index contributed by atoms with van der Waals surface area (Å²) in [6.45, 7) is 3.52. The molecule has 7 heteroatoms. The number of aldehydes is 1. The maximum Gasteiger partial charge on any atom is 0.170 e. The van der Waals surface area contributed by atoms with Crippen molar-refractivity contribution in [3.63, 3.8) is 0 Å². The van der Waals surface area contributed by atoms with Crippen LogP contribution < -0.4 is 5.73 Å². The number of hydrogen-bond acceptors (Lipinski definition) is 4. The van der Waals surface area contributed by atoms with Gasteiger partial charge in [0.1, 0.15) is 5.69 Å². The zero-order valence-corrected chi connectivity index (χ0v) is 14.1. The third kappa shape index (κ3) is 3.43. The van der Waals surface area contributed by atoms with E-state index in [1.807, 2.05) is 22.9 Å². The van der Waals surface area contributed by atoms with Crippen molar-refractivity contribution >= 4 is 29.5 Å². The zero-order chi connectivity index (χ0) is 16.4. The van der Waals surface area contributed by atoms with Crippen LogP contribution in [-0.4, -0.2) is 34.1 Å². The van der Waals surface area contributed by atoms with Gasteiger partial charge in [0.15, 0.2) is 6.29 Å². The lowest BCUT2D eigenvalue weighted by Gasteiger charge is -2.27. The van der Waals surface area contributed by atoms with Crippen molar-refractivity contribution in [3.8, 4) is 0 Å². The number of aromatic nitrogens is 2. The second-order valence-corrected chi connectivity index (χ2v) is 6.46. The first kappa shape index (κ1) is 16.5. The molecule has 1 aromatic carbocycles. The molecule has 0 spiro atoms. The molecule has 0 amide bonds. The molecule has 1 aromatic heterocycles. The molecule has 23 heavy (non-hydrogen) atoms. The smallest absolute Gasteiger partial charge is 0.170 e. The van der Waals surface area contributed by atoms with Crippen LogP contribution in [0.15, 0.2) is 18.2 Å². The Hall–Kier alpha value is -1.40. The highest BCUT2D eigenvalue weighted by atomic mass is 35.5. The lowest BCUT2D eigenvalue weighted by molar-refractivity contribution is 0.111. The van der Waals surface area contributed by atoms with E-state index in [1.165, 1.54) is 0 Å². The Balaban J connectivity index is 1.79. The molecule has 122 valence electrons. The van der Waals surface area contributed by atoms with Gasteiger partial charge in [0.25, 0.3) is 0 Å². The van der Waals surface area contributed by atoms with Gasteiger partial charge in [-0.2, -0.15) is 5.10 Å². The van der Waals surface area contributed by atoms with Crippen molar-refractivity contribution in [2.24, 2.45) is 5.73 Å². The summed E-state index contributed by atoms with van der Waals surface area (Å²) in [5.74, 6) is 0. The molecular formula is C16H18Cl2N4O. The lowest BCUT2D eigenvalue weighted by atomic mass is 10.0. The van der Waals surface area contributed by atoms with Crippen LogP contribution in [0.2, 0.25) is 10.0 Å². The normalized spacial score (nSPS) is 14.7. The Morgan fingerprint density at radius 2 is 2.13 bits per heavy atom. The first-order chi connectivity index (χ1) is 11.1. The van der Waals surface area contributed by atoms with Crippen molar-refractivity contribution < 1.29 is 4.79 Å². The number of benzene rings is 1. The van der Waals surface area contributed by atoms with Crippen LogP contribution in [0.3, 0.4) is 0 Å². The number of carbonyl (C=O) groups excluding carboxylic acids is 1. The Bertz CT molecular complexity index is 729. The Morgan fingerprint density at radius 3 is 2.83 bits per heavy atom. The fourth-order valence-electron chi connectivity index (χ4n) is 3.01. The zero-order valence-electron chi connectivity index (χ0n) is 12.6. The maximum atomic E-state index is 11.3. The fraction of sp³-hybridized carbons (Fsp3) is 0.375. The highest BCUT2D eigenvalue weighted by Crippen LogP contribution is 2.26. The molecule has 0 radical (unpaired) electrons. The molecule has 1 aliphatic heterocycles. The van der Waals surface area contributed by atoms with E-state index in [0.717, 1.165) is 42.6 Å². The van der Waals surface area contributed by atoms with Crippen molar-refractivity contribution in [3.05, 3.63) is 50.8 Å². The van der Waals surface area contributed by atoms with Gasteiger partial charge in [0.2, 0.25) is 0 Å². The summed E-state index contributed by atoms with van der Waals surface area (Å²) in [5.41, 5.74) is 9.38. The van der Waals surface area contributed by atoms with Crippen molar-refractivity contribution in [1.82, 2.24) is 14.7 Å². The van der Waals surface area contributed by atoms with E-state index in [0.29, 0.717) is 35.4 Å². The monoisotopic (exact) mass is 352 g/mol. The fourth-order valence-corrected chi connectivity index (χ4v) is 3.33. The van der Waals surface area contributed by atoms with Crippen LogP contribution in [0.25, 0.3) is 0 Å². The average molecular weight is 353 g/mol. The van der Waals surface area contributed by atoms with Gasteiger partial charge >= 0.3 is 0 Å². The average Bonchev–Trinajstić information content (AvgIpc) is 2.89. The molecule has 0 unspecified atom stereocenters. The van der Waals surface area contributed by atoms with Gasteiger partial charge in [-0.1, -0.05) is 29.3 Å². The van der Waals surface area contributed by atoms with E-state index in [4.69, 9.17) is 28.9 Å². The standard InChI is InChI=1S/C16H18Cl2N4O/c17-13-2-1-11(7-14(13)18)8-21-5-3-16-12(9-21)15(10-23)20-22(16)6-4-19/h1-2,7,10H,3-6,8-9,19H2. The molecule has 0 saturated carbocycles. The Morgan fingerprint density at radius 1 is 1.30 bits per heavy atom. The largest absolute Gasteiger partial charge is 0.329 e. The summed E-state index contributed by atoms with van der Waals surface area (Å²) >= 11 is 12.0. The second-order valence-electron chi connectivity index (χ2n) is 5.65. The van der Waals surface area contributed by atoms with Crippen LogP contribution in [0.1, 0.15) is 27.3 Å². The van der Waals surface area contributed by atoms with E-state index in [1.54, 1.807) is 0 Å². The molecule has 0 fully saturated rings. The summed E-state index contributed by atoms with van der Waals surface area (Å²) in [7, 11) is 0. The number of nitrogens with zero attached hydrogens (tertiary/aromatic N) is 3. The number of nitrogens with two attached hydrogens (primary N) is 1. The van der Waals surface area contributed by atoms with E-state index in [9.17, 15) is 4.79 Å². The number of hydrogen-bond donors (Lipinski definition) is 1. The Kier molecular flexibility index (Phi) is 5.02. The van der Waals surface area contributed by atoms with E-state index in [2.05, 4.69) is 10.00 Å². The molecule has 2 aromatic rings. The van der Waals surface area contributed by atoms with E-state index in [-0.39, 0.29) is 0 Å². The number of rotatable bonds is 5. The number of fused-ring (bicyclic) bond motifs is 1. The van der Waals surface area contributed by atoms with Crippen LogP contribution in [0.4, 0.5) is 0 Å². The van der Waals surface area contributed by atoms with Crippen molar-refractivity contribution in [2.45, 2.75) is 26.1 Å². The first-order valence-electron chi connectivity index (χ1n) is 7.52. The summed E-state index contributed by atoms with van der Waals surface area (Å²) in [6.07, 6.45) is 1.69. The molecule has 5 nitrogen and oxygen atoms in total. The van der Waals surface area contributed by atoms with Crippen LogP contribution in [0, 0.1) is 0 Å². The summed E-state index contributed by atoms with van der Waals surface area (Å²) in [4.78, 5) is 13.6. The van der Waals surface area contributed by atoms with Gasteiger partial charge in [0, 0.05) is 43.9 Å². The molecule has 1 aliphatic rings. The Labute approximate surface area is 145 Å². The van der Waals surface area contributed by atoms with Crippen LogP contribution in [0.5, 0.6) is 0 Å². The summed E-state index contributed by atoms with van der Waals surface area (Å²) in [6, 6.07) is 5.67. The predicted octanol–water partition coefficient (Wildman–Crippen LogP) is 2.52. The van der Waals surface area contributed by atoms with Crippen molar-refractivity contribution in [2.75, 3.05) is 13.1 Å². The van der Waals surface area contributed by atoms with Gasteiger partial charge in [0.05, 0.1) is 16.6 Å². The van der Waals surface area contributed by atoms with Gasteiger partial charge < -0.3 is 5.73 Å². The highest BCUT2D eigenvalue weighted by Gasteiger charge is 2.24. The number of carbonyl (C=O) groups is 1. The van der Waals surface area contributed by atoms with Crippen LogP contribution >= 0.6 is 23.2 Å². The van der Waals surface area contributed by atoms with Gasteiger partial charge in [-0.05, 0) is 17.7 Å². The summed E-state index contributed by atoms with van der Waals surface area (Å²) in [5, 5.41) is 5.49. The predicted molar refractivity (Wildman–Crippen MR) is 90.9 cm³/mol. The minimum Gasteiger partial charge on any atom is -0.329 e.